The van der Waals surface area contributed by atoms with Gasteiger partial charge in [-0.2, -0.15) is 8.75 Å². The molecule has 0 atom stereocenters. The molecule has 0 fully saturated rings. The normalized spacial score (nSPS) is 11.5. The maximum absolute atomic E-state index is 12.6. The Bertz CT molecular complexity index is 1660. The SMILES string of the molecule is COc1ccc(-c2c(C(=O)O)n(Cc3ccc4nsnc4c3)c3c2oc2ccccc23)cc1. The molecular weight excluding hydrogens is 438 g/mol. The second-order valence-corrected chi connectivity index (χ2v) is 8.24. The Hall–Kier alpha value is -4.17. The van der Waals surface area contributed by atoms with Gasteiger partial charge in [-0.1, -0.05) is 30.3 Å². The van der Waals surface area contributed by atoms with Gasteiger partial charge in [-0.05, 0) is 47.5 Å². The molecule has 7 nitrogen and oxygen atoms in total. The van der Waals surface area contributed by atoms with Gasteiger partial charge in [0.1, 0.15) is 28.1 Å². The third-order valence-electron chi connectivity index (χ3n) is 5.81. The van der Waals surface area contributed by atoms with Crippen molar-refractivity contribution >= 4 is 50.8 Å². The Morgan fingerprint density at radius 3 is 2.64 bits per heavy atom. The van der Waals surface area contributed by atoms with Crippen LogP contribution in [0.3, 0.4) is 0 Å². The second-order valence-electron chi connectivity index (χ2n) is 7.71. The zero-order valence-corrected chi connectivity index (χ0v) is 18.3. The molecule has 6 aromatic rings. The van der Waals surface area contributed by atoms with Crippen LogP contribution in [-0.4, -0.2) is 31.5 Å². The molecule has 0 saturated carbocycles. The molecule has 162 valence electrons. The van der Waals surface area contributed by atoms with Gasteiger partial charge < -0.3 is 18.8 Å². The number of carbonyl (C=O) groups is 1. The predicted molar refractivity (Wildman–Crippen MR) is 127 cm³/mol. The van der Waals surface area contributed by atoms with Crippen molar-refractivity contribution < 1.29 is 19.1 Å². The van der Waals surface area contributed by atoms with Crippen LogP contribution in [0.5, 0.6) is 5.75 Å². The van der Waals surface area contributed by atoms with Crippen molar-refractivity contribution in [1.82, 2.24) is 13.3 Å². The van der Waals surface area contributed by atoms with Gasteiger partial charge in [0.15, 0.2) is 5.58 Å². The van der Waals surface area contributed by atoms with Gasteiger partial charge in [-0.3, -0.25) is 0 Å². The maximum atomic E-state index is 12.6. The van der Waals surface area contributed by atoms with Crippen molar-refractivity contribution in [2.24, 2.45) is 0 Å². The molecule has 6 rings (SSSR count). The molecule has 0 amide bonds. The molecule has 33 heavy (non-hydrogen) atoms. The van der Waals surface area contributed by atoms with Gasteiger partial charge in [0.05, 0.1) is 29.9 Å². The van der Waals surface area contributed by atoms with Crippen molar-refractivity contribution in [2.75, 3.05) is 7.11 Å². The number of benzene rings is 3. The molecule has 0 aliphatic heterocycles. The average molecular weight is 455 g/mol. The van der Waals surface area contributed by atoms with Crippen LogP contribution < -0.4 is 4.74 Å². The highest BCUT2D eigenvalue weighted by Gasteiger charge is 2.28. The fraction of sp³-hybridized carbons (Fsp3) is 0.0800. The van der Waals surface area contributed by atoms with E-state index >= 15 is 0 Å². The number of para-hydroxylation sites is 1. The number of rotatable bonds is 5. The standard InChI is InChI=1S/C25H17N3O4S/c1-31-16-9-7-15(8-10-16)21-23(25(29)30)28(13-14-6-11-18-19(12-14)27-33-26-18)22-17-4-2-3-5-20(17)32-24(21)22/h2-12H,13H2,1H3,(H,29,30). The lowest BCUT2D eigenvalue weighted by Crippen LogP contribution is -2.10. The van der Waals surface area contributed by atoms with Crippen LogP contribution in [0, 0.1) is 0 Å². The Morgan fingerprint density at radius 1 is 1.06 bits per heavy atom. The molecule has 0 aliphatic rings. The van der Waals surface area contributed by atoms with Crippen LogP contribution in [0.2, 0.25) is 0 Å². The minimum atomic E-state index is -1.02. The fourth-order valence-corrected chi connectivity index (χ4v) is 4.86. The highest BCUT2D eigenvalue weighted by atomic mass is 32.1. The van der Waals surface area contributed by atoms with Crippen molar-refractivity contribution in [3.05, 3.63) is 78.0 Å². The van der Waals surface area contributed by atoms with E-state index in [4.69, 9.17) is 9.15 Å². The zero-order chi connectivity index (χ0) is 22.5. The summed E-state index contributed by atoms with van der Waals surface area (Å²) in [4.78, 5) is 12.6. The molecular formula is C25H17N3O4S. The van der Waals surface area contributed by atoms with Gasteiger partial charge in [-0.15, -0.1) is 0 Å². The van der Waals surface area contributed by atoms with E-state index in [1.54, 1.807) is 7.11 Å². The van der Waals surface area contributed by atoms with E-state index in [0.29, 0.717) is 29.0 Å². The number of aromatic carboxylic acids is 1. The van der Waals surface area contributed by atoms with Crippen LogP contribution in [0.4, 0.5) is 0 Å². The molecule has 3 aromatic heterocycles. The van der Waals surface area contributed by atoms with Gasteiger partial charge in [-0.25, -0.2) is 4.79 Å². The van der Waals surface area contributed by atoms with Gasteiger partial charge in [0, 0.05) is 11.9 Å². The number of furan rings is 1. The summed E-state index contributed by atoms with van der Waals surface area (Å²) in [6.45, 7) is 0.352. The van der Waals surface area contributed by atoms with Crippen LogP contribution in [0.1, 0.15) is 16.1 Å². The minimum absolute atomic E-state index is 0.177. The number of carboxylic acids is 1. The topological polar surface area (TPSA) is 90.4 Å². The van der Waals surface area contributed by atoms with Crippen molar-refractivity contribution in [2.45, 2.75) is 6.54 Å². The van der Waals surface area contributed by atoms with E-state index in [9.17, 15) is 9.90 Å². The Kier molecular flexibility index (Phi) is 4.41. The summed E-state index contributed by atoms with van der Waals surface area (Å²) < 4.78 is 21.9. The van der Waals surface area contributed by atoms with Crippen LogP contribution in [0.15, 0.2) is 71.1 Å². The maximum Gasteiger partial charge on any atom is 0.353 e. The summed E-state index contributed by atoms with van der Waals surface area (Å²) in [6, 6.07) is 20.8. The molecule has 0 saturated heterocycles. The van der Waals surface area contributed by atoms with Gasteiger partial charge in [0.2, 0.25) is 0 Å². The number of ether oxygens (including phenoxy) is 1. The van der Waals surface area contributed by atoms with Gasteiger partial charge >= 0.3 is 5.97 Å². The van der Waals surface area contributed by atoms with Crippen molar-refractivity contribution in [3.8, 4) is 16.9 Å². The Morgan fingerprint density at radius 2 is 1.85 bits per heavy atom. The van der Waals surface area contributed by atoms with Crippen LogP contribution >= 0.6 is 11.7 Å². The molecule has 1 N–H and O–H groups in total. The summed E-state index contributed by atoms with van der Waals surface area (Å²) in [7, 11) is 1.60. The smallest absolute Gasteiger partial charge is 0.353 e. The lowest BCUT2D eigenvalue weighted by molar-refractivity contribution is 0.0687. The summed E-state index contributed by atoms with van der Waals surface area (Å²) in [5, 5.41) is 11.2. The van der Waals surface area contributed by atoms with E-state index in [0.717, 1.165) is 44.8 Å². The number of aromatic nitrogens is 3. The number of fused-ring (bicyclic) bond motifs is 4. The molecule has 8 heteroatoms. The van der Waals surface area contributed by atoms with E-state index in [-0.39, 0.29) is 5.69 Å². The third-order valence-corrected chi connectivity index (χ3v) is 6.37. The molecule has 3 aromatic carbocycles. The summed E-state index contributed by atoms with van der Waals surface area (Å²) in [5.41, 5.74) is 6.04. The number of carboxylic acid groups (broad SMARTS) is 1. The van der Waals surface area contributed by atoms with Crippen molar-refractivity contribution in [1.29, 1.82) is 0 Å². The van der Waals surface area contributed by atoms with E-state index < -0.39 is 5.97 Å². The third kappa shape index (κ3) is 3.07. The van der Waals surface area contributed by atoms with Crippen LogP contribution in [0.25, 0.3) is 44.2 Å². The molecule has 0 aliphatic carbocycles. The number of methoxy groups -OCH3 is 1. The first-order chi connectivity index (χ1) is 16.1. The monoisotopic (exact) mass is 455 g/mol. The number of nitrogens with zero attached hydrogens (tertiary/aromatic N) is 3. The first kappa shape index (κ1) is 19.5. The highest BCUT2D eigenvalue weighted by Crippen LogP contribution is 2.41. The molecule has 0 unspecified atom stereocenters. The number of hydrogen-bond acceptors (Lipinski definition) is 6. The lowest BCUT2D eigenvalue weighted by Gasteiger charge is -2.10. The lowest BCUT2D eigenvalue weighted by atomic mass is 10.0. The number of hydrogen-bond donors (Lipinski definition) is 1. The fourth-order valence-electron chi connectivity index (χ4n) is 4.34. The van der Waals surface area contributed by atoms with Gasteiger partial charge in [0.25, 0.3) is 0 Å². The molecule has 3 heterocycles. The summed E-state index contributed by atoms with van der Waals surface area (Å²) in [5.74, 6) is -0.325. The second kappa shape index (κ2) is 7.46. The zero-order valence-electron chi connectivity index (χ0n) is 17.5. The molecule has 0 bridgehead atoms. The van der Waals surface area contributed by atoms with Crippen molar-refractivity contribution in [3.63, 3.8) is 0 Å². The average Bonchev–Trinajstić information content (AvgIpc) is 3.52. The molecule has 0 spiro atoms. The summed E-state index contributed by atoms with van der Waals surface area (Å²) in [6.07, 6.45) is 0. The summed E-state index contributed by atoms with van der Waals surface area (Å²) >= 11 is 1.16. The molecule has 0 radical (unpaired) electrons. The Labute approximate surface area is 191 Å². The van der Waals surface area contributed by atoms with Crippen LogP contribution in [-0.2, 0) is 6.54 Å². The van der Waals surface area contributed by atoms with E-state index in [2.05, 4.69) is 8.75 Å². The quantitative estimate of drug-likeness (QED) is 0.353. The first-order valence-corrected chi connectivity index (χ1v) is 11.0. The predicted octanol–water partition coefficient (Wildman–Crippen LogP) is 5.81. The Balaban J connectivity index is 1.65. The minimum Gasteiger partial charge on any atom is -0.497 e. The van der Waals surface area contributed by atoms with E-state index in [1.807, 2.05) is 71.3 Å². The first-order valence-electron chi connectivity index (χ1n) is 10.3. The largest absolute Gasteiger partial charge is 0.497 e. The highest BCUT2D eigenvalue weighted by molar-refractivity contribution is 7.00. The van der Waals surface area contributed by atoms with E-state index in [1.165, 1.54) is 0 Å².